The Labute approximate surface area is 223 Å². The fourth-order valence-electron chi connectivity index (χ4n) is 10.6. The largest absolute Gasteiger partial charge is 0.459 e. The van der Waals surface area contributed by atoms with E-state index in [9.17, 15) is 19.5 Å². The highest BCUT2D eigenvalue weighted by Crippen LogP contribution is 2.76. The number of hydrogen-bond donors (Lipinski definition) is 1. The molecule has 6 fully saturated rings. The van der Waals surface area contributed by atoms with Crippen LogP contribution >= 0.6 is 0 Å². The third-order valence-corrected chi connectivity index (χ3v) is 12.7. The van der Waals surface area contributed by atoms with Crippen LogP contribution in [0.1, 0.15) is 73.1 Å². The van der Waals surface area contributed by atoms with Gasteiger partial charge in [0, 0.05) is 18.3 Å². The van der Waals surface area contributed by atoms with Gasteiger partial charge in [0.1, 0.15) is 17.3 Å². The van der Waals surface area contributed by atoms with Gasteiger partial charge in [0.05, 0.1) is 17.4 Å². The molecule has 7 rings (SSSR count). The molecular weight excluding hydrogens is 488 g/mol. The van der Waals surface area contributed by atoms with Gasteiger partial charge in [-0.1, -0.05) is 13.8 Å². The van der Waals surface area contributed by atoms with Crippen LogP contribution < -0.4 is 0 Å². The van der Waals surface area contributed by atoms with E-state index in [0.29, 0.717) is 0 Å². The number of rotatable bonds is 2. The van der Waals surface area contributed by atoms with E-state index in [1.807, 2.05) is 20.8 Å². The first-order valence-electron chi connectivity index (χ1n) is 14.5. The number of allylic oxidation sites excluding steroid dienone is 1. The number of hydrogen-bond acceptors (Lipinski definition) is 8. The number of carbonyl (C=O) groups is 3. The van der Waals surface area contributed by atoms with Crippen LogP contribution in [0.3, 0.4) is 0 Å². The van der Waals surface area contributed by atoms with Gasteiger partial charge >= 0.3 is 11.9 Å². The molecular formula is C30H40O8. The summed E-state index contributed by atoms with van der Waals surface area (Å²) in [6.45, 7) is 9.47. The maximum atomic E-state index is 13.6. The lowest BCUT2D eigenvalue weighted by Crippen LogP contribution is -2.64. The summed E-state index contributed by atoms with van der Waals surface area (Å²) in [5.74, 6) is 0.0720. The number of aliphatic hydroxyl groups is 1. The summed E-state index contributed by atoms with van der Waals surface area (Å²) in [6, 6.07) is 0. The molecule has 3 aliphatic heterocycles. The van der Waals surface area contributed by atoms with Gasteiger partial charge in [-0.3, -0.25) is 14.4 Å². The zero-order chi connectivity index (χ0) is 27.0. The molecule has 7 aliphatic rings. The second kappa shape index (κ2) is 7.70. The Bertz CT molecular complexity index is 1130. The molecule has 0 amide bonds. The second-order valence-corrected chi connectivity index (χ2v) is 13.8. The summed E-state index contributed by atoms with van der Waals surface area (Å²) >= 11 is 0. The molecule has 14 atom stereocenters. The van der Waals surface area contributed by atoms with E-state index in [0.717, 1.165) is 38.5 Å². The number of carbonyl (C=O) groups excluding carboxylic acids is 3. The SMILES string of the molecule is CC(=O)O[C@H]1C=CC(=O)[C@]2(C)[C@H]3CC[C@]45C(O)O[C@@](C)([C@H]6C[C@H](C)[C@@H](C)C(=O)O6)[C@H]4CC[C@H]5[C@@H]3C[C@H]3O[C@]132. The smallest absolute Gasteiger partial charge is 0.309 e. The summed E-state index contributed by atoms with van der Waals surface area (Å²) in [4.78, 5) is 38.2. The van der Waals surface area contributed by atoms with E-state index in [-0.39, 0.29) is 65.4 Å². The molecule has 0 radical (unpaired) electrons. The minimum atomic E-state index is -0.935. The number of cyclic esters (lactones) is 1. The fraction of sp³-hybridized carbons (Fsp3) is 0.833. The van der Waals surface area contributed by atoms with Gasteiger partial charge in [-0.15, -0.1) is 0 Å². The molecule has 8 heteroatoms. The van der Waals surface area contributed by atoms with Crippen molar-refractivity contribution in [3.8, 4) is 0 Å². The first kappa shape index (κ1) is 25.2. The van der Waals surface area contributed by atoms with Gasteiger partial charge in [0.2, 0.25) is 0 Å². The van der Waals surface area contributed by atoms with Crippen LogP contribution in [0.25, 0.3) is 0 Å². The Hall–Kier alpha value is -1.77. The zero-order valence-corrected chi connectivity index (χ0v) is 23.0. The van der Waals surface area contributed by atoms with Crippen LogP contribution in [0, 0.1) is 46.3 Å². The number of aliphatic hydroxyl groups excluding tert-OH is 1. The molecule has 0 bridgehead atoms. The highest BCUT2D eigenvalue weighted by molar-refractivity contribution is 5.98. The van der Waals surface area contributed by atoms with Crippen LogP contribution in [0.15, 0.2) is 12.2 Å². The molecule has 38 heavy (non-hydrogen) atoms. The number of esters is 2. The van der Waals surface area contributed by atoms with Gasteiger partial charge in [-0.2, -0.15) is 0 Å². The number of fused-ring (bicyclic) bond motifs is 3. The van der Waals surface area contributed by atoms with Crippen LogP contribution in [-0.4, -0.2) is 58.6 Å². The highest BCUT2D eigenvalue weighted by atomic mass is 16.7. The van der Waals surface area contributed by atoms with Crippen molar-refractivity contribution in [2.75, 3.05) is 0 Å². The predicted molar refractivity (Wildman–Crippen MR) is 133 cm³/mol. The van der Waals surface area contributed by atoms with Crippen molar-refractivity contribution in [3.05, 3.63) is 12.2 Å². The molecule has 4 aliphatic carbocycles. The Morgan fingerprint density at radius 1 is 1.05 bits per heavy atom. The topological polar surface area (TPSA) is 112 Å². The zero-order valence-electron chi connectivity index (χ0n) is 23.0. The van der Waals surface area contributed by atoms with E-state index in [4.69, 9.17) is 18.9 Å². The molecule has 1 N–H and O–H groups in total. The summed E-state index contributed by atoms with van der Waals surface area (Å²) in [5.41, 5.74) is -2.75. The van der Waals surface area contributed by atoms with Crippen LogP contribution in [0.2, 0.25) is 0 Å². The molecule has 0 aromatic heterocycles. The monoisotopic (exact) mass is 528 g/mol. The average Bonchev–Trinajstić information content (AvgIpc) is 3.37. The molecule has 208 valence electrons. The number of ketones is 1. The molecule has 3 saturated carbocycles. The van der Waals surface area contributed by atoms with Crippen molar-refractivity contribution >= 4 is 17.7 Å². The maximum absolute atomic E-state index is 13.6. The number of ether oxygens (including phenoxy) is 4. The predicted octanol–water partition coefficient (Wildman–Crippen LogP) is 3.34. The molecule has 1 unspecified atom stereocenters. The summed E-state index contributed by atoms with van der Waals surface area (Å²) in [5, 5.41) is 11.7. The Balaban J connectivity index is 1.22. The van der Waals surface area contributed by atoms with E-state index in [1.54, 1.807) is 12.2 Å². The summed E-state index contributed by atoms with van der Waals surface area (Å²) < 4.78 is 24.5. The van der Waals surface area contributed by atoms with Gasteiger partial charge in [0.25, 0.3) is 0 Å². The van der Waals surface area contributed by atoms with E-state index < -0.39 is 34.4 Å². The minimum absolute atomic E-state index is 0.0499. The molecule has 0 aromatic carbocycles. The Kier molecular flexibility index (Phi) is 5.11. The Morgan fingerprint density at radius 2 is 1.82 bits per heavy atom. The standard InChI is InChI=1S/C30H40O8/c1-14-12-23(36-25(33)15(14)2)28(5)20-7-6-19-17-13-24-30(37-24)22(35-16(3)31)9-8-21(32)27(30,4)18(17)10-11-29(19,20)26(34)38-28/h8-9,14-15,17-20,22-24,26,34H,6-7,10-13H2,1-5H3/t14-,15+,17+,18-,19-,20+,22-,23+,24+,26?,27-,28+,29+,30+/m0/s1. The molecule has 3 heterocycles. The maximum Gasteiger partial charge on any atom is 0.309 e. The van der Waals surface area contributed by atoms with Crippen molar-refractivity contribution < 1.29 is 38.4 Å². The fourth-order valence-corrected chi connectivity index (χ4v) is 10.6. The lowest BCUT2D eigenvalue weighted by Gasteiger charge is -2.58. The van der Waals surface area contributed by atoms with Crippen molar-refractivity contribution in [2.24, 2.45) is 46.3 Å². The molecule has 3 saturated heterocycles. The summed E-state index contributed by atoms with van der Waals surface area (Å²) in [6.07, 6.45) is 6.14. The van der Waals surface area contributed by atoms with Crippen molar-refractivity contribution in [2.45, 2.75) is 109 Å². The minimum Gasteiger partial charge on any atom is -0.459 e. The van der Waals surface area contributed by atoms with Crippen molar-refractivity contribution in [1.29, 1.82) is 0 Å². The average molecular weight is 529 g/mol. The lowest BCUT2D eigenvalue weighted by molar-refractivity contribution is -0.226. The van der Waals surface area contributed by atoms with Gasteiger partial charge in [-0.25, -0.2) is 0 Å². The quantitative estimate of drug-likeness (QED) is 0.429. The first-order chi connectivity index (χ1) is 17.9. The lowest BCUT2D eigenvalue weighted by atomic mass is 9.44. The Morgan fingerprint density at radius 3 is 2.53 bits per heavy atom. The van der Waals surface area contributed by atoms with Crippen LogP contribution in [0.5, 0.6) is 0 Å². The van der Waals surface area contributed by atoms with E-state index in [1.165, 1.54) is 6.92 Å². The second-order valence-electron chi connectivity index (χ2n) is 13.8. The van der Waals surface area contributed by atoms with E-state index in [2.05, 4.69) is 6.92 Å². The summed E-state index contributed by atoms with van der Waals surface area (Å²) in [7, 11) is 0. The van der Waals surface area contributed by atoms with Crippen LogP contribution in [-0.2, 0) is 33.3 Å². The first-order valence-corrected chi connectivity index (χ1v) is 14.5. The van der Waals surface area contributed by atoms with Crippen LogP contribution in [0.4, 0.5) is 0 Å². The molecule has 8 nitrogen and oxygen atoms in total. The van der Waals surface area contributed by atoms with Crippen molar-refractivity contribution in [3.63, 3.8) is 0 Å². The molecule has 2 spiro atoms. The third-order valence-electron chi connectivity index (χ3n) is 12.7. The number of epoxide rings is 1. The van der Waals surface area contributed by atoms with Gasteiger partial charge in [0.15, 0.2) is 18.2 Å². The normalized spacial score (nSPS) is 58.2. The highest BCUT2D eigenvalue weighted by Gasteiger charge is 2.83. The van der Waals surface area contributed by atoms with Crippen molar-refractivity contribution in [1.82, 2.24) is 0 Å². The molecule has 0 aromatic rings. The van der Waals surface area contributed by atoms with E-state index >= 15 is 0 Å². The third kappa shape index (κ3) is 2.75. The van der Waals surface area contributed by atoms with Gasteiger partial charge in [-0.05, 0) is 88.2 Å². The van der Waals surface area contributed by atoms with Gasteiger partial charge < -0.3 is 24.1 Å².